The molecule has 3 rings (SSSR count). The Labute approximate surface area is 120 Å². The van der Waals surface area contributed by atoms with E-state index in [0.717, 1.165) is 16.9 Å². The molecule has 0 aliphatic heterocycles. The summed E-state index contributed by atoms with van der Waals surface area (Å²) in [4.78, 5) is 15.9. The third-order valence-electron chi connectivity index (χ3n) is 3.31. The summed E-state index contributed by atoms with van der Waals surface area (Å²) in [6.07, 6.45) is 4.07. The maximum Gasteiger partial charge on any atom is 0.337 e. The molecule has 0 aliphatic carbocycles. The summed E-state index contributed by atoms with van der Waals surface area (Å²) < 4.78 is 19.5. The van der Waals surface area contributed by atoms with Crippen LogP contribution in [-0.4, -0.2) is 22.5 Å². The quantitative estimate of drug-likeness (QED) is 0.695. The van der Waals surface area contributed by atoms with Crippen molar-refractivity contribution in [2.75, 3.05) is 7.11 Å². The Morgan fingerprint density at radius 3 is 2.76 bits per heavy atom. The molecule has 0 spiro atoms. The molecule has 5 heteroatoms. The Morgan fingerprint density at radius 1 is 1.29 bits per heavy atom. The Bertz CT molecular complexity index is 794. The number of halogens is 1. The van der Waals surface area contributed by atoms with Crippen molar-refractivity contribution in [3.63, 3.8) is 0 Å². The highest BCUT2D eigenvalue weighted by Crippen LogP contribution is 2.14. The number of hydrogen-bond acceptors (Lipinski definition) is 3. The largest absolute Gasteiger partial charge is 0.465 e. The molecule has 0 N–H and O–H groups in total. The van der Waals surface area contributed by atoms with Gasteiger partial charge in [0.15, 0.2) is 0 Å². The van der Waals surface area contributed by atoms with Gasteiger partial charge in [0.25, 0.3) is 0 Å². The van der Waals surface area contributed by atoms with Gasteiger partial charge < -0.3 is 9.14 Å². The average molecular weight is 284 g/mol. The predicted octanol–water partition coefficient (Wildman–Crippen LogP) is 2.85. The number of imidazole rings is 1. The zero-order valence-electron chi connectivity index (χ0n) is 11.4. The number of fused-ring (bicyclic) bond motifs is 1. The van der Waals surface area contributed by atoms with E-state index >= 15 is 0 Å². The number of ether oxygens (including phenoxy) is 1. The summed E-state index contributed by atoms with van der Waals surface area (Å²) in [6.45, 7) is 0. The molecule has 21 heavy (non-hydrogen) atoms. The minimum Gasteiger partial charge on any atom is -0.465 e. The fourth-order valence-corrected chi connectivity index (χ4v) is 2.22. The van der Waals surface area contributed by atoms with Crippen molar-refractivity contribution in [2.24, 2.45) is 0 Å². The number of rotatable bonds is 3. The van der Waals surface area contributed by atoms with Gasteiger partial charge in [0.1, 0.15) is 11.6 Å². The third-order valence-corrected chi connectivity index (χ3v) is 3.31. The van der Waals surface area contributed by atoms with Crippen molar-refractivity contribution in [1.82, 2.24) is 9.38 Å². The smallest absolute Gasteiger partial charge is 0.337 e. The van der Waals surface area contributed by atoms with Crippen molar-refractivity contribution in [3.8, 4) is 0 Å². The number of esters is 1. The molecular formula is C16H13FN2O2. The first kappa shape index (κ1) is 13.3. The SMILES string of the molecule is COC(=O)c1ccn2c(Cc3ccc(F)cc3)ncc2c1. The molecule has 106 valence electrons. The van der Waals surface area contributed by atoms with Gasteiger partial charge in [-0.15, -0.1) is 0 Å². The van der Waals surface area contributed by atoms with Crippen LogP contribution in [0.2, 0.25) is 0 Å². The molecule has 0 saturated heterocycles. The van der Waals surface area contributed by atoms with Crippen LogP contribution in [0, 0.1) is 5.82 Å². The van der Waals surface area contributed by atoms with E-state index in [2.05, 4.69) is 4.98 Å². The first-order valence-corrected chi connectivity index (χ1v) is 6.46. The van der Waals surface area contributed by atoms with Crippen LogP contribution in [-0.2, 0) is 11.2 Å². The summed E-state index contributed by atoms with van der Waals surface area (Å²) in [5.74, 6) is 0.196. The average Bonchev–Trinajstić information content (AvgIpc) is 2.91. The van der Waals surface area contributed by atoms with Gasteiger partial charge in [-0.3, -0.25) is 0 Å². The van der Waals surface area contributed by atoms with E-state index < -0.39 is 0 Å². The van der Waals surface area contributed by atoms with E-state index in [1.807, 2.05) is 4.40 Å². The predicted molar refractivity (Wildman–Crippen MR) is 75.7 cm³/mol. The zero-order chi connectivity index (χ0) is 14.8. The van der Waals surface area contributed by atoms with Crippen molar-refractivity contribution in [1.29, 1.82) is 0 Å². The summed E-state index contributed by atoms with van der Waals surface area (Å²) in [7, 11) is 1.35. The van der Waals surface area contributed by atoms with Crippen LogP contribution in [0.25, 0.3) is 5.52 Å². The second-order valence-electron chi connectivity index (χ2n) is 4.68. The number of pyridine rings is 1. The first-order chi connectivity index (χ1) is 10.2. The summed E-state index contributed by atoms with van der Waals surface area (Å²) in [5, 5.41) is 0. The van der Waals surface area contributed by atoms with Gasteiger partial charge in [-0.1, -0.05) is 12.1 Å². The van der Waals surface area contributed by atoms with Crippen LogP contribution in [0.5, 0.6) is 0 Å². The van der Waals surface area contributed by atoms with E-state index in [1.54, 1.807) is 36.7 Å². The maximum atomic E-state index is 12.9. The Balaban J connectivity index is 1.93. The zero-order valence-corrected chi connectivity index (χ0v) is 11.4. The minimum absolute atomic E-state index is 0.255. The molecule has 4 nitrogen and oxygen atoms in total. The maximum absolute atomic E-state index is 12.9. The van der Waals surface area contributed by atoms with Crippen molar-refractivity contribution >= 4 is 11.5 Å². The van der Waals surface area contributed by atoms with Crippen LogP contribution in [0.3, 0.4) is 0 Å². The molecule has 0 fully saturated rings. The highest BCUT2D eigenvalue weighted by molar-refractivity contribution is 5.90. The van der Waals surface area contributed by atoms with Gasteiger partial charge in [0.2, 0.25) is 0 Å². The van der Waals surface area contributed by atoms with Crippen LogP contribution in [0.4, 0.5) is 4.39 Å². The number of methoxy groups -OCH3 is 1. The fraction of sp³-hybridized carbons (Fsp3) is 0.125. The van der Waals surface area contributed by atoms with Gasteiger partial charge in [-0.2, -0.15) is 0 Å². The molecule has 0 unspecified atom stereocenters. The van der Waals surface area contributed by atoms with Gasteiger partial charge in [0, 0.05) is 12.6 Å². The molecule has 0 atom stereocenters. The lowest BCUT2D eigenvalue weighted by Crippen LogP contribution is -2.02. The second kappa shape index (κ2) is 5.36. The molecular weight excluding hydrogens is 271 g/mol. The van der Waals surface area contributed by atoms with Gasteiger partial charge >= 0.3 is 5.97 Å². The number of hydrogen-bond donors (Lipinski definition) is 0. The molecule has 2 heterocycles. The number of carbonyl (C=O) groups excluding carboxylic acids is 1. The van der Waals surface area contributed by atoms with Crippen LogP contribution in [0.1, 0.15) is 21.7 Å². The normalized spacial score (nSPS) is 10.8. The lowest BCUT2D eigenvalue weighted by molar-refractivity contribution is 0.0600. The lowest BCUT2D eigenvalue weighted by Gasteiger charge is -2.04. The molecule has 3 aromatic rings. The van der Waals surface area contributed by atoms with E-state index in [4.69, 9.17) is 4.74 Å². The number of nitrogens with zero attached hydrogens (tertiary/aromatic N) is 2. The van der Waals surface area contributed by atoms with Gasteiger partial charge in [-0.25, -0.2) is 14.2 Å². The Hall–Kier alpha value is -2.69. The third kappa shape index (κ3) is 2.63. The summed E-state index contributed by atoms with van der Waals surface area (Å²) in [6, 6.07) is 9.75. The Kier molecular flexibility index (Phi) is 3.39. The fourth-order valence-electron chi connectivity index (χ4n) is 2.22. The summed E-state index contributed by atoms with van der Waals surface area (Å²) >= 11 is 0. The van der Waals surface area contributed by atoms with E-state index in [1.165, 1.54) is 19.2 Å². The molecule has 0 saturated carbocycles. The Morgan fingerprint density at radius 2 is 2.05 bits per heavy atom. The van der Waals surface area contributed by atoms with Crippen molar-refractivity contribution < 1.29 is 13.9 Å². The second-order valence-corrected chi connectivity index (χ2v) is 4.68. The highest BCUT2D eigenvalue weighted by atomic mass is 19.1. The molecule has 2 aromatic heterocycles. The first-order valence-electron chi connectivity index (χ1n) is 6.46. The standard InChI is InChI=1S/C16H13FN2O2/c1-21-16(20)12-6-7-19-14(9-12)10-18-15(19)8-11-2-4-13(17)5-3-11/h2-7,9-10H,8H2,1H3. The van der Waals surface area contributed by atoms with Crippen LogP contribution < -0.4 is 0 Å². The van der Waals surface area contributed by atoms with Crippen LogP contribution in [0.15, 0.2) is 48.8 Å². The summed E-state index contributed by atoms with van der Waals surface area (Å²) in [5.41, 5.74) is 2.27. The van der Waals surface area contributed by atoms with Crippen molar-refractivity contribution in [2.45, 2.75) is 6.42 Å². The van der Waals surface area contributed by atoms with Gasteiger partial charge in [0.05, 0.1) is 24.4 Å². The monoisotopic (exact) mass is 284 g/mol. The molecule has 0 amide bonds. The lowest BCUT2D eigenvalue weighted by atomic mass is 10.1. The van der Waals surface area contributed by atoms with Crippen LogP contribution >= 0.6 is 0 Å². The molecule has 1 aromatic carbocycles. The molecule has 0 radical (unpaired) electrons. The minimum atomic E-state index is -0.376. The van der Waals surface area contributed by atoms with Gasteiger partial charge in [-0.05, 0) is 29.8 Å². The topological polar surface area (TPSA) is 43.6 Å². The number of carbonyl (C=O) groups is 1. The number of aromatic nitrogens is 2. The van der Waals surface area contributed by atoms with E-state index in [9.17, 15) is 9.18 Å². The number of benzene rings is 1. The highest BCUT2D eigenvalue weighted by Gasteiger charge is 2.09. The molecule has 0 aliphatic rings. The van der Waals surface area contributed by atoms with E-state index in [0.29, 0.717) is 12.0 Å². The van der Waals surface area contributed by atoms with E-state index in [-0.39, 0.29) is 11.8 Å². The van der Waals surface area contributed by atoms with Crippen molar-refractivity contribution in [3.05, 3.63) is 71.6 Å². The molecule has 0 bridgehead atoms.